The smallest absolute Gasteiger partial charge is 0.0712 e. The number of hydrogen-bond acceptors (Lipinski definition) is 4. The molecule has 4 nitrogen and oxygen atoms in total. The summed E-state index contributed by atoms with van der Waals surface area (Å²) in [6.45, 7) is 9.26. The molecule has 1 N–H and O–H groups in total. The number of morpholine rings is 1. The monoisotopic (exact) mass is 267 g/mol. The lowest BCUT2D eigenvalue weighted by atomic mass is 10.1. The summed E-state index contributed by atoms with van der Waals surface area (Å²) in [5.41, 5.74) is 0. The summed E-state index contributed by atoms with van der Waals surface area (Å²) in [7, 11) is 0. The van der Waals surface area contributed by atoms with Crippen LogP contribution in [0.25, 0.3) is 0 Å². The van der Waals surface area contributed by atoms with Crippen molar-refractivity contribution in [2.24, 2.45) is 0 Å². The van der Waals surface area contributed by atoms with Gasteiger partial charge in [-0.25, -0.2) is 0 Å². The first kappa shape index (κ1) is 13.8. The fraction of sp³-hybridized carbons (Fsp3) is 1.00. The molecule has 110 valence electrons. The van der Waals surface area contributed by atoms with Gasteiger partial charge in [-0.15, -0.1) is 0 Å². The van der Waals surface area contributed by atoms with Gasteiger partial charge in [0.2, 0.25) is 0 Å². The van der Waals surface area contributed by atoms with Crippen LogP contribution in [0.1, 0.15) is 32.1 Å². The number of nitrogens with one attached hydrogen (secondary N) is 1. The van der Waals surface area contributed by atoms with Crippen LogP contribution < -0.4 is 5.32 Å². The molecule has 1 aliphatic carbocycles. The maximum absolute atomic E-state index is 5.77. The molecule has 0 radical (unpaired) electrons. The van der Waals surface area contributed by atoms with Gasteiger partial charge in [-0.1, -0.05) is 12.8 Å². The Kier molecular flexibility index (Phi) is 5.10. The minimum absolute atomic E-state index is 0.446. The number of ether oxygens (including phenoxy) is 1. The second-order valence-electron chi connectivity index (χ2n) is 6.30. The Morgan fingerprint density at radius 2 is 1.84 bits per heavy atom. The molecule has 4 heteroatoms. The van der Waals surface area contributed by atoms with Crippen molar-refractivity contribution in [1.29, 1.82) is 0 Å². The van der Waals surface area contributed by atoms with Crippen molar-refractivity contribution < 1.29 is 4.74 Å². The summed E-state index contributed by atoms with van der Waals surface area (Å²) in [6, 6.07) is 0.910. The Labute approximate surface area is 117 Å². The van der Waals surface area contributed by atoms with Gasteiger partial charge in [-0.2, -0.15) is 0 Å². The summed E-state index contributed by atoms with van der Waals surface area (Å²) in [6.07, 6.45) is 7.44. The van der Waals surface area contributed by atoms with Gasteiger partial charge in [-0.05, 0) is 19.3 Å². The topological polar surface area (TPSA) is 27.7 Å². The van der Waals surface area contributed by atoms with Gasteiger partial charge in [0.25, 0.3) is 0 Å². The lowest BCUT2D eigenvalue weighted by Crippen LogP contribution is -2.50. The van der Waals surface area contributed by atoms with Crippen LogP contribution in [0, 0.1) is 0 Å². The molecule has 2 aliphatic heterocycles. The second-order valence-corrected chi connectivity index (χ2v) is 6.30. The molecule has 2 saturated heterocycles. The van der Waals surface area contributed by atoms with Crippen molar-refractivity contribution in [3.05, 3.63) is 0 Å². The van der Waals surface area contributed by atoms with E-state index in [1.165, 1.54) is 64.8 Å². The lowest BCUT2D eigenvalue weighted by molar-refractivity contribution is 0.0121. The van der Waals surface area contributed by atoms with E-state index in [0.29, 0.717) is 6.10 Å². The highest BCUT2D eigenvalue weighted by atomic mass is 16.5. The van der Waals surface area contributed by atoms with Gasteiger partial charge < -0.3 is 15.0 Å². The normalized spacial score (nSPS) is 31.9. The van der Waals surface area contributed by atoms with Crippen molar-refractivity contribution in [1.82, 2.24) is 15.1 Å². The van der Waals surface area contributed by atoms with Gasteiger partial charge in [0, 0.05) is 51.9 Å². The van der Waals surface area contributed by atoms with Crippen molar-refractivity contribution in [3.8, 4) is 0 Å². The molecule has 0 amide bonds. The lowest BCUT2D eigenvalue weighted by Gasteiger charge is -2.38. The summed E-state index contributed by atoms with van der Waals surface area (Å²) < 4.78 is 5.77. The zero-order valence-electron chi connectivity index (χ0n) is 12.1. The number of hydrogen-bond donors (Lipinski definition) is 1. The predicted octanol–water partition coefficient (Wildman–Crippen LogP) is 0.925. The van der Waals surface area contributed by atoms with Gasteiger partial charge in [-0.3, -0.25) is 4.90 Å². The third-order valence-corrected chi connectivity index (χ3v) is 5.02. The van der Waals surface area contributed by atoms with Gasteiger partial charge in [0.1, 0.15) is 0 Å². The molecule has 19 heavy (non-hydrogen) atoms. The average Bonchev–Trinajstić information content (AvgIpc) is 3.01. The summed E-state index contributed by atoms with van der Waals surface area (Å²) >= 11 is 0. The Balaban J connectivity index is 1.33. The van der Waals surface area contributed by atoms with Crippen LogP contribution in [0.4, 0.5) is 0 Å². The van der Waals surface area contributed by atoms with Crippen molar-refractivity contribution >= 4 is 0 Å². The minimum atomic E-state index is 0.446. The maximum Gasteiger partial charge on any atom is 0.0712 e. The molecule has 3 fully saturated rings. The zero-order valence-corrected chi connectivity index (χ0v) is 12.1. The first-order valence-electron chi connectivity index (χ1n) is 8.20. The Morgan fingerprint density at radius 1 is 1.05 bits per heavy atom. The SMILES string of the molecule is C1CCC(N2CCN(CCC3CNCCO3)CC2)C1. The fourth-order valence-electron chi connectivity index (χ4n) is 3.75. The predicted molar refractivity (Wildman–Crippen MR) is 77.5 cm³/mol. The molecule has 3 rings (SSSR count). The molecule has 3 aliphatic rings. The summed E-state index contributed by atoms with van der Waals surface area (Å²) in [5, 5.41) is 3.41. The number of piperazine rings is 1. The van der Waals surface area contributed by atoms with Gasteiger partial charge in [0.05, 0.1) is 12.7 Å². The molecule has 0 spiro atoms. The highest BCUT2D eigenvalue weighted by Gasteiger charge is 2.26. The van der Waals surface area contributed by atoms with Crippen LogP contribution in [0.5, 0.6) is 0 Å². The molecule has 0 aromatic heterocycles. The minimum Gasteiger partial charge on any atom is -0.376 e. The van der Waals surface area contributed by atoms with E-state index >= 15 is 0 Å². The van der Waals surface area contributed by atoms with Crippen LogP contribution >= 0.6 is 0 Å². The molecular formula is C15H29N3O. The standard InChI is InChI=1S/C15H29N3O/c1-2-4-14(3-1)18-10-8-17(9-11-18)7-5-15-13-16-6-12-19-15/h14-16H,1-13H2. The van der Waals surface area contributed by atoms with E-state index < -0.39 is 0 Å². The average molecular weight is 267 g/mol. The van der Waals surface area contributed by atoms with E-state index in [1.54, 1.807) is 0 Å². The molecule has 1 atom stereocenters. The van der Waals surface area contributed by atoms with Gasteiger partial charge >= 0.3 is 0 Å². The fourth-order valence-corrected chi connectivity index (χ4v) is 3.75. The van der Waals surface area contributed by atoms with E-state index in [0.717, 1.165) is 25.7 Å². The molecule has 0 aromatic carbocycles. The maximum atomic E-state index is 5.77. The number of nitrogens with zero attached hydrogens (tertiary/aromatic N) is 2. The van der Waals surface area contributed by atoms with Crippen LogP contribution in [0.3, 0.4) is 0 Å². The molecule has 0 aromatic rings. The van der Waals surface area contributed by atoms with Crippen LogP contribution in [-0.2, 0) is 4.74 Å². The highest BCUT2D eigenvalue weighted by Crippen LogP contribution is 2.24. The van der Waals surface area contributed by atoms with Crippen LogP contribution in [-0.4, -0.2) is 74.4 Å². The van der Waals surface area contributed by atoms with E-state index in [2.05, 4.69) is 15.1 Å². The van der Waals surface area contributed by atoms with Crippen LogP contribution in [0.15, 0.2) is 0 Å². The Bertz CT molecular complexity index is 254. The Hall–Kier alpha value is -0.160. The highest BCUT2D eigenvalue weighted by molar-refractivity contribution is 4.82. The summed E-state index contributed by atoms with van der Waals surface area (Å²) in [5.74, 6) is 0. The molecule has 0 bridgehead atoms. The zero-order chi connectivity index (χ0) is 12.9. The number of rotatable bonds is 4. The first-order chi connectivity index (χ1) is 9.42. The third-order valence-electron chi connectivity index (χ3n) is 5.02. The third kappa shape index (κ3) is 3.91. The second kappa shape index (κ2) is 7.02. The van der Waals surface area contributed by atoms with Crippen molar-refractivity contribution in [3.63, 3.8) is 0 Å². The van der Waals surface area contributed by atoms with Crippen molar-refractivity contribution in [2.45, 2.75) is 44.2 Å². The first-order valence-corrected chi connectivity index (χ1v) is 8.20. The van der Waals surface area contributed by atoms with Crippen LogP contribution in [0.2, 0.25) is 0 Å². The van der Waals surface area contributed by atoms with E-state index in [9.17, 15) is 0 Å². The van der Waals surface area contributed by atoms with Crippen molar-refractivity contribution in [2.75, 3.05) is 52.4 Å². The molecule has 2 heterocycles. The quantitative estimate of drug-likeness (QED) is 0.820. The molecular weight excluding hydrogens is 238 g/mol. The Morgan fingerprint density at radius 3 is 2.53 bits per heavy atom. The van der Waals surface area contributed by atoms with Gasteiger partial charge in [0.15, 0.2) is 0 Å². The molecule has 1 saturated carbocycles. The summed E-state index contributed by atoms with van der Waals surface area (Å²) in [4.78, 5) is 5.37. The molecule has 1 unspecified atom stereocenters. The van der Waals surface area contributed by atoms with E-state index in [-0.39, 0.29) is 0 Å². The largest absolute Gasteiger partial charge is 0.376 e. The van der Waals surface area contributed by atoms with E-state index in [1.807, 2.05) is 0 Å². The van der Waals surface area contributed by atoms with E-state index in [4.69, 9.17) is 4.74 Å².